The molecule has 0 unspecified atom stereocenters. The van der Waals surface area contributed by atoms with Gasteiger partial charge in [0.15, 0.2) is 9.47 Å². The lowest BCUT2D eigenvalue weighted by Crippen LogP contribution is -1.84. The van der Waals surface area contributed by atoms with Crippen LogP contribution in [0.15, 0.2) is 39.4 Å². The van der Waals surface area contributed by atoms with Crippen molar-refractivity contribution in [3.63, 3.8) is 0 Å². The molecule has 1 aromatic carbocycles. The maximum Gasteiger partial charge on any atom is 0.180 e. The van der Waals surface area contributed by atoms with Crippen molar-refractivity contribution in [2.75, 3.05) is 5.73 Å². The van der Waals surface area contributed by atoms with Gasteiger partial charge >= 0.3 is 0 Å². The SMILES string of the molecule is Nc1nc(CSc2nc(-c3ccc(F)cc3)cs2)cs1. The van der Waals surface area contributed by atoms with Gasteiger partial charge in [-0.25, -0.2) is 14.4 Å². The summed E-state index contributed by atoms with van der Waals surface area (Å²) in [5.74, 6) is 0.518. The van der Waals surface area contributed by atoms with Crippen LogP contribution in [0.5, 0.6) is 0 Å². The Balaban J connectivity index is 1.69. The third kappa shape index (κ3) is 3.17. The molecule has 0 aliphatic rings. The molecule has 3 nitrogen and oxygen atoms in total. The van der Waals surface area contributed by atoms with E-state index in [1.807, 2.05) is 10.8 Å². The van der Waals surface area contributed by atoms with Crippen LogP contribution in [-0.2, 0) is 5.75 Å². The number of nitrogen functional groups attached to an aromatic ring is 1. The van der Waals surface area contributed by atoms with Gasteiger partial charge < -0.3 is 5.73 Å². The summed E-state index contributed by atoms with van der Waals surface area (Å²) in [6.45, 7) is 0. The molecule has 0 atom stereocenters. The summed E-state index contributed by atoms with van der Waals surface area (Å²) in [6, 6.07) is 6.36. The number of nitrogens with zero attached hydrogens (tertiary/aromatic N) is 2. The summed E-state index contributed by atoms with van der Waals surface area (Å²) in [6.07, 6.45) is 0. The van der Waals surface area contributed by atoms with Gasteiger partial charge in [0, 0.05) is 22.1 Å². The van der Waals surface area contributed by atoms with Crippen molar-refractivity contribution >= 4 is 39.6 Å². The summed E-state index contributed by atoms with van der Waals surface area (Å²) in [5.41, 5.74) is 8.36. The second-order valence-electron chi connectivity index (χ2n) is 3.97. The van der Waals surface area contributed by atoms with E-state index in [0.29, 0.717) is 5.13 Å². The van der Waals surface area contributed by atoms with E-state index >= 15 is 0 Å². The van der Waals surface area contributed by atoms with Crippen molar-refractivity contribution in [3.05, 3.63) is 46.5 Å². The van der Waals surface area contributed by atoms with E-state index < -0.39 is 0 Å². The maximum absolute atomic E-state index is 12.9. The van der Waals surface area contributed by atoms with Crippen LogP contribution in [0.3, 0.4) is 0 Å². The number of halogens is 1. The summed E-state index contributed by atoms with van der Waals surface area (Å²) >= 11 is 4.65. The Morgan fingerprint density at radius 2 is 1.90 bits per heavy atom. The molecular weight excluding hydrogens is 313 g/mol. The van der Waals surface area contributed by atoms with Gasteiger partial charge in [0.05, 0.1) is 11.4 Å². The van der Waals surface area contributed by atoms with Crippen molar-refractivity contribution in [3.8, 4) is 11.3 Å². The van der Waals surface area contributed by atoms with Crippen molar-refractivity contribution in [2.24, 2.45) is 0 Å². The summed E-state index contributed by atoms with van der Waals surface area (Å²) < 4.78 is 13.8. The van der Waals surface area contributed by atoms with Crippen LogP contribution in [0.2, 0.25) is 0 Å². The highest BCUT2D eigenvalue weighted by molar-refractivity contribution is 8.00. The first-order chi connectivity index (χ1) is 9.70. The van der Waals surface area contributed by atoms with Gasteiger partial charge in [-0.15, -0.1) is 22.7 Å². The Bertz CT molecular complexity index is 706. The number of hydrogen-bond donors (Lipinski definition) is 1. The fourth-order valence-corrected chi connectivity index (χ4v) is 4.00. The lowest BCUT2D eigenvalue weighted by molar-refractivity contribution is 0.628. The monoisotopic (exact) mass is 323 g/mol. The van der Waals surface area contributed by atoms with E-state index in [2.05, 4.69) is 9.97 Å². The van der Waals surface area contributed by atoms with E-state index in [4.69, 9.17) is 5.73 Å². The number of aromatic nitrogens is 2. The number of nitrogens with two attached hydrogens (primary N) is 1. The fourth-order valence-electron chi connectivity index (χ4n) is 1.60. The second-order valence-corrected chi connectivity index (χ2v) is 6.94. The van der Waals surface area contributed by atoms with Gasteiger partial charge in [-0.3, -0.25) is 0 Å². The highest BCUT2D eigenvalue weighted by Gasteiger charge is 2.07. The molecular formula is C13H10FN3S3. The first-order valence-corrected chi connectivity index (χ1v) is 8.49. The molecule has 0 aliphatic heterocycles. The molecule has 2 N–H and O–H groups in total. The third-order valence-corrected chi connectivity index (χ3v) is 5.31. The van der Waals surface area contributed by atoms with Crippen LogP contribution in [0.1, 0.15) is 5.69 Å². The van der Waals surface area contributed by atoms with E-state index in [1.54, 1.807) is 35.2 Å². The maximum atomic E-state index is 12.9. The van der Waals surface area contributed by atoms with E-state index in [1.165, 1.54) is 23.5 Å². The van der Waals surface area contributed by atoms with Crippen molar-refractivity contribution in [2.45, 2.75) is 10.1 Å². The zero-order valence-electron chi connectivity index (χ0n) is 10.2. The zero-order valence-corrected chi connectivity index (χ0v) is 12.7. The van der Waals surface area contributed by atoms with Gasteiger partial charge in [0.2, 0.25) is 0 Å². The molecule has 0 bridgehead atoms. The zero-order chi connectivity index (χ0) is 13.9. The Morgan fingerprint density at radius 3 is 2.60 bits per heavy atom. The molecule has 0 saturated heterocycles. The molecule has 0 aliphatic carbocycles. The fraction of sp³-hybridized carbons (Fsp3) is 0.0769. The smallest absolute Gasteiger partial charge is 0.180 e. The highest BCUT2D eigenvalue weighted by Crippen LogP contribution is 2.30. The lowest BCUT2D eigenvalue weighted by atomic mass is 10.2. The van der Waals surface area contributed by atoms with Gasteiger partial charge in [0.1, 0.15) is 5.82 Å². The Morgan fingerprint density at radius 1 is 1.10 bits per heavy atom. The van der Waals surface area contributed by atoms with Crippen LogP contribution >= 0.6 is 34.4 Å². The average molecular weight is 323 g/mol. The molecule has 0 spiro atoms. The van der Waals surface area contributed by atoms with Gasteiger partial charge in [-0.05, 0) is 24.3 Å². The number of anilines is 1. The predicted molar refractivity (Wildman–Crippen MR) is 83.6 cm³/mol. The minimum atomic E-state index is -0.236. The van der Waals surface area contributed by atoms with Gasteiger partial charge in [-0.2, -0.15) is 0 Å². The van der Waals surface area contributed by atoms with E-state index in [-0.39, 0.29) is 5.82 Å². The average Bonchev–Trinajstić information content (AvgIpc) is 3.06. The first kappa shape index (κ1) is 13.5. The first-order valence-electron chi connectivity index (χ1n) is 5.75. The number of thioether (sulfide) groups is 1. The van der Waals surface area contributed by atoms with Crippen LogP contribution in [-0.4, -0.2) is 9.97 Å². The molecule has 102 valence electrons. The highest BCUT2D eigenvalue weighted by atomic mass is 32.2. The quantitative estimate of drug-likeness (QED) is 0.728. The molecule has 3 aromatic rings. The van der Waals surface area contributed by atoms with Crippen molar-refractivity contribution in [1.82, 2.24) is 9.97 Å². The van der Waals surface area contributed by atoms with Crippen molar-refractivity contribution in [1.29, 1.82) is 0 Å². The molecule has 20 heavy (non-hydrogen) atoms. The number of hydrogen-bond acceptors (Lipinski definition) is 6. The lowest BCUT2D eigenvalue weighted by Gasteiger charge is -1.96. The largest absolute Gasteiger partial charge is 0.375 e. The molecule has 0 amide bonds. The number of benzene rings is 1. The second kappa shape index (κ2) is 5.90. The van der Waals surface area contributed by atoms with Crippen LogP contribution in [0, 0.1) is 5.82 Å². The standard InChI is InChI=1S/C13H10FN3S3/c14-9-3-1-8(2-4-9)11-7-20-13(17-11)19-6-10-5-18-12(15)16-10/h1-5,7H,6H2,(H2,15,16). The van der Waals surface area contributed by atoms with E-state index in [9.17, 15) is 4.39 Å². The van der Waals surface area contributed by atoms with Gasteiger partial charge in [-0.1, -0.05) is 11.8 Å². The summed E-state index contributed by atoms with van der Waals surface area (Å²) in [7, 11) is 0. The molecule has 0 fully saturated rings. The minimum Gasteiger partial charge on any atom is -0.375 e. The Hall–Kier alpha value is -1.44. The molecule has 2 aromatic heterocycles. The third-order valence-electron chi connectivity index (χ3n) is 2.54. The number of rotatable bonds is 4. The van der Waals surface area contributed by atoms with Gasteiger partial charge in [0.25, 0.3) is 0 Å². The molecule has 0 saturated carbocycles. The van der Waals surface area contributed by atoms with Crippen LogP contribution in [0.4, 0.5) is 9.52 Å². The molecule has 0 radical (unpaired) electrons. The predicted octanol–water partition coefficient (Wildman–Crippen LogP) is 4.28. The Labute approximate surface area is 127 Å². The summed E-state index contributed by atoms with van der Waals surface area (Å²) in [4.78, 5) is 8.75. The van der Waals surface area contributed by atoms with E-state index in [0.717, 1.165) is 27.0 Å². The Kier molecular flexibility index (Phi) is 4.00. The number of thiazole rings is 2. The molecule has 2 heterocycles. The van der Waals surface area contributed by atoms with Crippen LogP contribution < -0.4 is 5.73 Å². The topological polar surface area (TPSA) is 51.8 Å². The molecule has 3 rings (SSSR count). The normalized spacial score (nSPS) is 10.8. The molecule has 7 heteroatoms. The van der Waals surface area contributed by atoms with Crippen LogP contribution in [0.25, 0.3) is 11.3 Å². The summed E-state index contributed by atoms with van der Waals surface area (Å²) in [5, 5.41) is 4.52. The van der Waals surface area contributed by atoms with Crippen molar-refractivity contribution < 1.29 is 4.39 Å². The minimum absolute atomic E-state index is 0.236.